The average Bonchev–Trinajstić information content (AvgIpc) is 2.50. The molecule has 1 aliphatic rings. The summed E-state index contributed by atoms with van der Waals surface area (Å²) in [7, 11) is 0. The molecular formula is C17H17ClN2O. The molecule has 2 aromatic rings. The highest BCUT2D eigenvalue weighted by Crippen LogP contribution is 2.29. The molecule has 1 atom stereocenters. The standard InChI is InChI=1S/C17H17ClN2O/c1-11-5-4-8-15(18)16(11)20-17(21)14-10-19-9-12-6-2-3-7-13(12)14/h2-8,14,19H,9-10H2,1H3,(H,20,21). The predicted octanol–water partition coefficient (Wildman–Crippen LogP) is 3.47. The van der Waals surface area contributed by atoms with Crippen molar-refractivity contribution in [3.8, 4) is 0 Å². The van der Waals surface area contributed by atoms with E-state index in [1.807, 2.05) is 37.3 Å². The first-order chi connectivity index (χ1) is 10.2. The minimum atomic E-state index is -0.189. The lowest BCUT2D eigenvalue weighted by molar-refractivity contribution is -0.117. The van der Waals surface area contributed by atoms with E-state index in [0.29, 0.717) is 17.3 Å². The molecular weight excluding hydrogens is 284 g/mol. The zero-order chi connectivity index (χ0) is 14.8. The van der Waals surface area contributed by atoms with Crippen molar-refractivity contribution >= 4 is 23.2 Å². The molecule has 3 rings (SSSR count). The normalized spacial score (nSPS) is 17.1. The van der Waals surface area contributed by atoms with E-state index in [1.54, 1.807) is 6.07 Å². The van der Waals surface area contributed by atoms with Gasteiger partial charge in [-0.3, -0.25) is 4.79 Å². The number of hydrogen-bond donors (Lipinski definition) is 2. The number of fused-ring (bicyclic) bond motifs is 1. The summed E-state index contributed by atoms with van der Waals surface area (Å²) in [5.41, 5.74) is 3.94. The highest BCUT2D eigenvalue weighted by Gasteiger charge is 2.26. The van der Waals surface area contributed by atoms with E-state index in [-0.39, 0.29) is 11.8 Å². The number of carbonyl (C=O) groups is 1. The molecule has 2 N–H and O–H groups in total. The van der Waals surface area contributed by atoms with Crippen LogP contribution in [-0.2, 0) is 11.3 Å². The van der Waals surface area contributed by atoms with Gasteiger partial charge in [-0.15, -0.1) is 0 Å². The van der Waals surface area contributed by atoms with Crippen LogP contribution >= 0.6 is 11.6 Å². The molecule has 0 fully saturated rings. The Hall–Kier alpha value is -1.84. The molecule has 2 aromatic carbocycles. The lowest BCUT2D eigenvalue weighted by Crippen LogP contribution is -2.35. The number of amides is 1. The molecule has 4 heteroatoms. The van der Waals surface area contributed by atoms with Crippen LogP contribution in [0.1, 0.15) is 22.6 Å². The van der Waals surface area contributed by atoms with E-state index in [1.165, 1.54) is 5.56 Å². The van der Waals surface area contributed by atoms with Gasteiger partial charge < -0.3 is 10.6 Å². The monoisotopic (exact) mass is 300 g/mol. The molecule has 1 unspecified atom stereocenters. The van der Waals surface area contributed by atoms with Gasteiger partial charge in [0.05, 0.1) is 16.6 Å². The van der Waals surface area contributed by atoms with Crippen LogP contribution in [0.15, 0.2) is 42.5 Å². The van der Waals surface area contributed by atoms with Gasteiger partial charge in [0.25, 0.3) is 0 Å². The van der Waals surface area contributed by atoms with Crippen molar-refractivity contribution in [3.05, 3.63) is 64.2 Å². The number of carbonyl (C=O) groups excluding carboxylic acids is 1. The Kier molecular flexibility index (Phi) is 3.95. The summed E-state index contributed by atoms with van der Waals surface area (Å²) in [6, 6.07) is 13.7. The molecule has 0 bridgehead atoms. The Morgan fingerprint density at radius 3 is 2.86 bits per heavy atom. The number of aryl methyl sites for hydroxylation is 1. The Morgan fingerprint density at radius 1 is 1.24 bits per heavy atom. The first kappa shape index (κ1) is 14.1. The molecule has 21 heavy (non-hydrogen) atoms. The van der Waals surface area contributed by atoms with Gasteiger partial charge in [0, 0.05) is 13.1 Å². The minimum absolute atomic E-state index is 0.0224. The first-order valence-electron chi connectivity index (χ1n) is 7.01. The molecule has 1 heterocycles. The van der Waals surface area contributed by atoms with Crippen LogP contribution in [0, 0.1) is 6.92 Å². The lowest BCUT2D eigenvalue weighted by Gasteiger charge is -2.26. The molecule has 3 nitrogen and oxygen atoms in total. The van der Waals surface area contributed by atoms with Gasteiger partial charge in [0.2, 0.25) is 5.91 Å². The smallest absolute Gasteiger partial charge is 0.233 e. The van der Waals surface area contributed by atoms with Gasteiger partial charge in [-0.1, -0.05) is 48.0 Å². The SMILES string of the molecule is Cc1cccc(Cl)c1NC(=O)C1CNCc2ccccc21. The number of rotatable bonds is 2. The van der Waals surface area contributed by atoms with Gasteiger partial charge in [-0.25, -0.2) is 0 Å². The topological polar surface area (TPSA) is 41.1 Å². The van der Waals surface area contributed by atoms with Crippen LogP contribution in [0.25, 0.3) is 0 Å². The average molecular weight is 301 g/mol. The number of halogens is 1. The van der Waals surface area contributed by atoms with Crippen LogP contribution in [0.5, 0.6) is 0 Å². The van der Waals surface area contributed by atoms with E-state index < -0.39 is 0 Å². The van der Waals surface area contributed by atoms with Crippen molar-refractivity contribution in [2.45, 2.75) is 19.4 Å². The molecule has 1 aliphatic heterocycles. The van der Waals surface area contributed by atoms with Crippen molar-refractivity contribution in [1.29, 1.82) is 0 Å². The van der Waals surface area contributed by atoms with Gasteiger partial charge in [0.15, 0.2) is 0 Å². The van der Waals surface area contributed by atoms with Gasteiger partial charge >= 0.3 is 0 Å². The van der Waals surface area contributed by atoms with Gasteiger partial charge in [-0.2, -0.15) is 0 Å². The van der Waals surface area contributed by atoms with Crippen LogP contribution in [0.4, 0.5) is 5.69 Å². The summed E-state index contributed by atoms with van der Waals surface area (Å²) < 4.78 is 0. The van der Waals surface area contributed by atoms with E-state index in [4.69, 9.17) is 11.6 Å². The molecule has 0 aliphatic carbocycles. The zero-order valence-electron chi connectivity index (χ0n) is 11.8. The molecule has 0 spiro atoms. The largest absolute Gasteiger partial charge is 0.324 e. The van der Waals surface area contributed by atoms with Crippen LogP contribution in [-0.4, -0.2) is 12.5 Å². The van der Waals surface area contributed by atoms with Crippen molar-refractivity contribution in [2.24, 2.45) is 0 Å². The first-order valence-corrected chi connectivity index (χ1v) is 7.39. The zero-order valence-corrected chi connectivity index (χ0v) is 12.6. The third-order valence-corrected chi connectivity index (χ3v) is 4.20. The van der Waals surface area contributed by atoms with E-state index in [0.717, 1.165) is 17.7 Å². The molecule has 0 saturated carbocycles. The Bertz CT molecular complexity index is 664. The number of benzene rings is 2. The summed E-state index contributed by atoms with van der Waals surface area (Å²) in [5, 5.41) is 6.84. The fourth-order valence-corrected chi connectivity index (χ4v) is 3.00. The molecule has 0 saturated heterocycles. The second-order valence-electron chi connectivity index (χ2n) is 5.30. The molecule has 0 aromatic heterocycles. The van der Waals surface area contributed by atoms with Gasteiger partial charge in [0.1, 0.15) is 0 Å². The van der Waals surface area contributed by atoms with Gasteiger partial charge in [-0.05, 0) is 29.7 Å². The second kappa shape index (κ2) is 5.88. The maximum Gasteiger partial charge on any atom is 0.233 e. The fraction of sp³-hybridized carbons (Fsp3) is 0.235. The second-order valence-corrected chi connectivity index (χ2v) is 5.71. The van der Waals surface area contributed by atoms with E-state index >= 15 is 0 Å². The summed E-state index contributed by atoms with van der Waals surface area (Å²) in [6.07, 6.45) is 0. The Morgan fingerprint density at radius 2 is 2.05 bits per heavy atom. The quantitative estimate of drug-likeness (QED) is 0.891. The fourth-order valence-electron chi connectivity index (χ4n) is 2.73. The summed E-state index contributed by atoms with van der Waals surface area (Å²) in [6.45, 7) is 3.39. The Labute approximate surface area is 129 Å². The van der Waals surface area contributed by atoms with Crippen LogP contribution in [0.3, 0.4) is 0 Å². The minimum Gasteiger partial charge on any atom is -0.324 e. The van der Waals surface area contributed by atoms with Crippen molar-refractivity contribution in [3.63, 3.8) is 0 Å². The van der Waals surface area contributed by atoms with E-state index in [9.17, 15) is 4.79 Å². The van der Waals surface area contributed by atoms with Crippen molar-refractivity contribution in [1.82, 2.24) is 5.32 Å². The lowest BCUT2D eigenvalue weighted by atomic mass is 9.90. The molecule has 0 radical (unpaired) electrons. The van der Waals surface area contributed by atoms with E-state index in [2.05, 4.69) is 16.7 Å². The third-order valence-electron chi connectivity index (χ3n) is 3.88. The maximum atomic E-state index is 12.6. The van der Waals surface area contributed by atoms with Crippen molar-refractivity contribution < 1.29 is 4.79 Å². The number of nitrogens with one attached hydrogen (secondary N) is 2. The van der Waals surface area contributed by atoms with Crippen LogP contribution in [0.2, 0.25) is 5.02 Å². The summed E-state index contributed by atoms with van der Waals surface area (Å²) >= 11 is 6.18. The highest BCUT2D eigenvalue weighted by atomic mass is 35.5. The summed E-state index contributed by atoms with van der Waals surface area (Å²) in [5.74, 6) is -0.212. The third kappa shape index (κ3) is 2.80. The molecule has 108 valence electrons. The predicted molar refractivity (Wildman–Crippen MR) is 85.7 cm³/mol. The number of anilines is 1. The maximum absolute atomic E-state index is 12.6. The Balaban J connectivity index is 1.87. The van der Waals surface area contributed by atoms with Crippen LogP contribution < -0.4 is 10.6 Å². The van der Waals surface area contributed by atoms with Crippen molar-refractivity contribution in [2.75, 3.05) is 11.9 Å². The highest BCUT2D eigenvalue weighted by molar-refractivity contribution is 6.34. The number of para-hydroxylation sites is 1. The number of hydrogen-bond acceptors (Lipinski definition) is 2. The summed E-state index contributed by atoms with van der Waals surface area (Å²) in [4.78, 5) is 12.6. The molecule has 1 amide bonds.